The Morgan fingerprint density at radius 1 is 1.08 bits per heavy atom. The first-order valence-corrected chi connectivity index (χ1v) is 7.67. The molecule has 0 radical (unpaired) electrons. The number of aromatic amines is 1. The Morgan fingerprint density at radius 2 is 1.73 bits per heavy atom. The number of carbonyl (C=O) groups excluding carboxylic acids is 1. The maximum absolute atomic E-state index is 13.1. The summed E-state index contributed by atoms with van der Waals surface area (Å²) in [6.07, 6.45) is -3.68. The number of rotatable bonds is 2. The van der Waals surface area contributed by atoms with Gasteiger partial charge >= 0.3 is 11.9 Å². The third-order valence-electron chi connectivity index (χ3n) is 3.97. The summed E-state index contributed by atoms with van der Waals surface area (Å²) < 4.78 is 39.2. The molecule has 1 aromatic heterocycles. The van der Waals surface area contributed by atoms with E-state index in [4.69, 9.17) is 0 Å². The largest absolute Gasteiger partial charge is 0.417 e. The number of halogens is 3. The second-order valence-corrected chi connectivity index (χ2v) is 5.62. The molecule has 2 heterocycles. The van der Waals surface area contributed by atoms with E-state index in [2.05, 4.69) is 10.1 Å². The normalized spacial score (nSPS) is 15.2. The summed E-state index contributed by atoms with van der Waals surface area (Å²) in [7, 11) is 0. The smallest absolute Gasteiger partial charge is 0.335 e. The van der Waals surface area contributed by atoms with Crippen LogP contribution in [0.3, 0.4) is 0 Å². The molecule has 0 spiro atoms. The van der Waals surface area contributed by atoms with E-state index < -0.39 is 34.5 Å². The Hall–Kier alpha value is -3.11. The minimum absolute atomic E-state index is 0.109. The number of alkyl halides is 3. The SMILES string of the molecule is O=C(c1ccccc1C(F)(F)F)N1CCN(n2ncc(=O)[nH]c2=O)CC1. The molecule has 11 heteroatoms. The molecule has 0 unspecified atom stereocenters. The van der Waals surface area contributed by atoms with Gasteiger partial charge in [0.25, 0.3) is 11.5 Å². The van der Waals surface area contributed by atoms with E-state index in [1.54, 1.807) is 0 Å². The molecule has 1 aliphatic heterocycles. The number of carbonyl (C=O) groups is 1. The second kappa shape index (κ2) is 6.65. The van der Waals surface area contributed by atoms with Crippen molar-refractivity contribution < 1.29 is 18.0 Å². The van der Waals surface area contributed by atoms with Crippen molar-refractivity contribution in [3.05, 3.63) is 62.4 Å². The molecule has 26 heavy (non-hydrogen) atoms. The predicted molar refractivity (Wildman–Crippen MR) is 84.4 cm³/mol. The number of nitrogens with zero attached hydrogens (tertiary/aromatic N) is 4. The Balaban J connectivity index is 1.76. The topological polar surface area (TPSA) is 91.3 Å². The Kier molecular flexibility index (Phi) is 4.53. The number of H-pyrrole nitrogens is 1. The van der Waals surface area contributed by atoms with Crippen LogP contribution in [-0.4, -0.2) is 51.9 Å². The molecule has 138 valence electrons. The molecule has 1 fully saturated rings. The summed E-state index contributed by atoms with van der Waals surface area (Å²) in [5, 5.41) is 5.21. The lowest BCUT2D eigenvalue weighted by atomic mass is 10.1. The van der Waals surface area contributed by atoms with Gasteiger partial charge in [0.15, 0.2) is 0 Å². The lowest BCUT2D eigenvalue weighted by molar-refractivity contribution is -0.138. The van der Waals surface area contributed by atoms with Crippen molar-refractivity contribution in [1.29, 1.82) is 0 Å². The average molecular weight is 369 g/mol. The summed E-state index contributed by atoms with van der Waals surface area (Å²) in [6.45, 7) is 0.578. The molecule has 1 aliphatic rings. The zero-order chi connectivity index (χ0) is 18.9. The van der Waals surface area contributed by atoms with E-state index in [1.165, 1.54) is 22.0 Å². The lowest BCUT2D eigenvalue weighted by Crippen LogP contribution is -2.57. The fourth-order valence-electron chi connectivity index (χ4n) is 2.72. The number of piperazine rings is 1. The molecule has 0 bridgehead atoms. The number of amides is 1. The third kappa shape index (κ3) is 3.46. The van der Waals surface area contributed by atoms with Gasteiger partial charge in [0.2, 0.25) is 0 Å². The van der Waals surface area contributed by atoms with Gasteiger partial charge in [0, 0.05) is 13.1 Å². The summed E-state index contributed by atoms with van der Waals surface area (Å²) >= 11 is 0. The molecule has 2 aromatic rings. The quantitative estimate of drug-likeness (QED) is 0.808. The van der Waals surface area contributed by atoms with Crippen molar-refractivity contribution in [3.8, 4) is 0 Å². The molecule has 3 rings (SSSR count). The number of nitrogens with one attached hydrogen (secondary N) is 1. The van der Waals surface area contributed by atoms with Gasteiger partial charge in [-0.2, -0.15) is 18.3 Å². The molecule has 1 saturated heterocycles. The fourth-order valence-corrected chi connectivity index (χ4v) is 2.72. The van der Waals surface area contributed by atoms with Crippen LogP contribution in [0.2, 0.25) is 0 Å². The van der Waals surface area contributed by atoms with E-state index in [0.717, 1.165) is 23.1 Å². The summed E-state index contributed by atoms with van der Waals surface area (Å²) in [6, 6.07) is 4.62. The molecule has 1 aromatic carbocycles. The highest BCUT2D eigenvalue weighted by atomic mass is 19.4. The molecule has 0 saturated carbocycles. The maximum Gasteiger partial charge on any atom is 0.417 e. The Bertz CT molecular complexity index is 929. The molecule has 0 atom stereocenters. The maximum atomic E-state index is 13.1. The van der Waals surface area contributed by atoms with Crippen molar-refractivity contribution in [2.24, 2.45) is 0 Å². The van der Waals surface area contributed by atoms with Gasteiger partial charge in [0.05, 0.1) is 24.2 Å². The van der Waals surface area contributed by atoms with Crippen molar-refractivity contribution in [1.82, 2.24) is 19.8 Å². The standard InChI is InChI=1S/C15H14F3N5O3/c16-15(17,18)11-4-2-1-3-10(11)13(25)21-5-7-22(8-6-21)23-14(26)20-12(24)9-19-23/h1-4,9H,5-8H2,(H,20,24,26). The minimum atomic E-state index is -4.62. The van der Waals surface area contributed by atoms with Gasteiger partial charge in [-0.3, -0.25) is 19.6 Å². The summed E-state index contributed by atoms with van der Waals surface area (Å²) in [5.74, 6) is -0.723. The van der Waals surface area contributed by atoms with Gasteiger partial charge in [-0.25, -0.2) is 4.79 Å². The van der Waals surface area contributed by atoms with Crippen LogP contribution in [0.25, 0.3) is 0 Å². The predicted octanol–water partition coefficient (Wildman–Crippen LogP) is 0.0444. The Labute approximate surface area is 144 Å². The van der Waals surface area contributed by atoms with Crippen LogP contribution in [0.15, 0.2) is 40.1 Å². The minimum Gasteiger partial charge on any atom is -0.335 e. The number of hydrogen-bond acceptors (Lipinski definition) is 5. The van der Waals surface area contributed by atoms with Crippen LogP contribution in [0.1, 0.15) is 15.9 Å². The van der Waals surface area contributed by atoms with E-state index in [-0.39, 0.29) is 26.2 Å². The molecule has 0 aliphatic carbocycles. The van der Waals surface area contributed by atoms with E-state index >= 15 is 0 Å². The van der Waals surface area contributed by atoms with Crippen LogP contribution >= 0.6 is 0 Å². The summed E-state index contributed by atoms with van der Waals surface area (Å²) in [4.78, 5) is 39.6. The van der Waals surface area contributed by atoms with E-state index in [0.29, 0.717) is 0 Å². The van der Waals surface area contributed by atoms with Crippen LogP contribution in [0.5, 0.6) is 0 Å². The van der Waals surface area contributed by atoms with Gasteiger partial charge in [-0.05, 0) is 12.1 Å². The first-order chi connectivity index (χ1) is 12.3. The molecule has 1 amide bonds. The van der Waals surface area contributed by atoms with Crippen LogP contribution < -0.4 is 16.3 Å². The van der Waals surface area contributed by atoms with Crippen molar-refractivity contribution >= 4 is 5.91 Å². The van der Waals surface area contributed by atoms with E-state index in [9.17, 15) is 27.6 Å². The van der Waals surface area contributed by atoms with Crippen molar-refractivity contribution in [2.45, 2.75) is 6.18 Å². The second-order valence-electron chi connectivity index (χ2n) is 5.62. The number of aromatic nitrogens is 3. The van der Waals surface area contributed by atoms with Gasteiger partial charge in [-0.1, -0.05) is 12.1 Å². The molecule has 1 N–H and O–H groups in total. The molecule has 8 nitrogen and oxygen atoms in total. The third-order valence-corrected chi connectivity index (χ3v) is 3.97. The highest BCUT2D eigenvalue weighted by Gasteiger charge is 2.36. The molecular weight excluding hydrogens is 355 g/mol. The van der Waals surface area contributed by atoms with Crippen molar-refractivity contribution in [3.63, 3.8) is 0 Å². The lowest BCUT2D eigenvalue weighted by Gasteiger charge is -2.35. The zero-order valence-corrected chi connectivity index (χ0v) is 13.4. The highest BCUT2D eigenvalue weighted by Crippen LogP contribution is 2.32. The zero-order valence-electron chi connectivity index (χ0n) is 13.4. The van der Waals surface area contributed by atoms with Crippen LogP contribution in [-0.2, 0) is 6.18 Å². The molecular formula is C15H14F3N5O3. The first-order valence-electron chi connectivity index (χ1n) is 7.67. The monoisotopic (exact) mass is 369 g/mol. The average Bonchev–Trinajstić information content (AvgIpc) is 2.61. The highest BCUT2D eigenvalue weighted by molar-refractivity contribution is 5.96. The number of benzene rings is 1. The van der Waals surface area contributed by atoms with Gasteiger partial charge in [-0.15, -0.1) is 4.79 Å². The van der Waals surface area contributed by atoms with Crippen molar-refractivity contribution in [2.75, 3.05) is 31.2 Å². The Morgan fingerprint density at radius 3 is 2.35 bits per heavy atom. The summed E-state index contributed by atoms with van der Waals surface area (Å²) in [5.41, 5.74) is -2.75. The fraction of sp³-hybridized carbons (Fsp3) is 0.333. The van der Waals surface area contributed by atoms with E-state index in [1.807, 2.05) is 0 Å². The van der Waals surface area contributed by atoms with Crippen LogP contribution in [0.4, 0.5) is 13.2 Å². The first kappa shape index (κ1) is 17.7. The van der Waals surface area contributed by atoms with Gasteiger partial charge in [0.1, 0.15) is 6.20 Å². The van der Waals surface area contributed by atoms with Gasteiger partial charge < -0.3 is 4.90 Å². The van der Waals surface area contributed by atoms with Crippen LogP contribution in [0, 0.1) is 0 Å². The number of hydrogen-bond donors (Lipinski definition) is 1.